The summed E-state index contributed by atoms with van der Waals surface area (Å²) in [6.07, 6.45) is 0. The fraction of sp³-hybridized carbons (Fsp3) is 0.500. The van der Waals surface area contributed by atoms with E-state index in [1.165, 1.54) is 0 Å². The Labute approximate surface area is 79.2 Å². The molecular weight excluding hydrogens is 231 g/mol. The molecule has 0 aliphatic rings. The van der Waals surface area contributed by atoms with E-state index >= 15 is 0 Å². The van der Waals surface area contributed by atoms with Gasteiger partial charge in [0.1, 0.15) is 0 Å². The monoisotopic (exact) mass is 236 g/mol. The molecule has 0 unspecified atom stereocenters. The number of halogens is 2. The first-order valence-electron chi connectivity index (χ1n) is 1.18. The van der Waals surface area contributed by atoms with Crippen molar-refractivity contribution in [2.75, 3.05) is 6.67 Å². The normalized spacial score (nSPS) is 6.57. The van der Waals surface area contributed by atoms with E-state index in [4.69, 9.17) is 0 Å². The molecule has 0 radical (unpaired) electrons. The van der Waals surface area contributed by atoms with Gasteiger partial charge in [-0.05, 0) is 0 Å². The van der Waals surface area contributed by atoms with Gasteiger partial charge in [0.2, 0.25) is 0 Å². The molecule has 0 fully saturated rings. The number of hydrogen-bond donors (Lipinski definition) is 0. The third-order valence-corrected chi connectivity index (χ3v) is 0.195. The summed E-state index contributed by atoms with van der Waals surface area (Å²) in [6, 6.07) is 0. The van der Waals surface area contributed by atoms with Crippen molar-refractivity contribution in [2.45, 2.75) is 0 Å². The van der Waals surface area contributed by atoms with Crippen LogP contribution in [0.15, 0.2) is 0 Å². The minimum atomic E-state index is -1.49. The third kappa shape index (κ3) is 6.90. The van der Waals surface area contributed by atoms with E-state index in [0.29, 0.717) is 0 Å². The van der Waals surface area contributed by atoms with Crippen molar-refractivity contribution in [3.8, 4) is 0 Å². The second kappa shape index (κ2) is 6.90. The summed E-state index contributed by atoms with van der Waals surface area (Å²) in [6.45, 7) is -1.41. The SMILES string of the molecule is O=C(CF)OF.[BaH2]. The van der Waals surface area contributed by atoms with E-state index < -0.39 is 12.6 Å². The van der Waals surface area contributed by atoms with E-state index in [1.807, 2.05) is 0 Å². The van der Waals surface area contributed by atoms with Crippen molar-refractivity contribution >= 4 is 54.9 Å². The van der Waals surface area contributed by atoms with Crippen LogP contribution in [0.4, 0.5) is 8.92 Å². The van der Waals surface area contributed by atoms with Gasteiger partial charge in [0.05, 0.1) is 0 Å². The summed E-state index contributed by atoms with van der Waals surface area (Å²) in [5, 5.41) is 0. The molecule has 0 aromatic heterocycles. The van der Waals surface area contributed by atoms with Gasteiger partial charge in [-0.3, -0.25) is 4.94 Å². The Morgan fingerprint density at radius 3 is 2.14 bits per heavy atom. The van der Waals surface area contributed by atoms with Gasteiger partial charge in [-0.1, -0.05) is 0 Å². The zero-order chi connectivity index (χ0) is 4.99. The summed E-state index contributed by atoms with van der Waals surface area (Å²) >= 11 is 0. The van der Waals surface area contributed by atoms with E-state index in [-0.39, 0.29) is 48.9 Å². The number of alkyl halides is 1. The Balaban J connectivity index is 0. The molecule has 0 N–H and O–H groups in total. The van der Waals surface area contributed by atoms with Gasteiger partial charge in [-0.15, -0.1) is 0 Å². The van der Waals surface area contributed by atoms with Crippen LogP contribution in [0.3, 0.4) is 0 Å². The molecule has 0 saturated heterocycles. The third-order valence-electron chi connectivity index (χ3n) is 0.195. The first-order valence-corrected chi connectivity index (χ1v) is 1.18. The van der Waals surface area contributed by atoms with Crippen LogP contribution < -0.4 is 0 Å². The van der Waals surface area contributed by atoms with Crippen molar-refractivity contribution in [3.05, 3.63) is 0 Å². The van der Waals surface area contributed by atoms with Crippen molar-refractivity contribution < 1.29 is 18.7 Å². The topological polar surface area (TPSA) is 26.3 Å². The summed E-state index contributed by atoms with van der Waals surface area (Å²) in [5.41, 5.74) is 0. The molecule has 0 aliphatic heterocycles. The van der Waals surface area contributed by atoms with Crippen molar-refractivity contribution in [2.24, 2.45) is 0 Å². The molecule has 0 aliphatic carbocycles. The minimum absolute atomic E-state index is 0. The molecule has 0 aromatic rings. The first-order chi connectivity index (χ1) is 2.81. The van der Waals surface area contributed by atoms with Crippen LogP contribution in [0.2, 0.25) is 0 Å². The molecule has 0 amide bonds. The van der Waals surface area contributed by atoms with Gasteiger partial charge < -0.3 is 0 Å². The van der Waals surface area contributed by atoms with Crippen LogP contribution in [0.1, 0.15) is 0 Å². The van der Waals surface area contributed by atoms with E-state index in [2.05, 4.69) is 4.94 Å². The molecule has 0 rings (SSSR count). The fourth-order valence-electron chi connectivity index (χ4n) is 0.0206. The molecule has 5 heteroatoms. The van der Waals surface area contributed by atoms with Crippen molar-refractivity contribution in [1.29, 1.82) is 0 Å². The molecule has 0 atom stereocenters. The molecular formula is C2H4BaF2O2. The van der Waals surface area contributed by atoms with Gasteiger partial charge in [0.15, 0.2) is 6.67 Å². The van der Waals surface area contributed by atoms with Gasteiger partial charge in [0.25, 0.3) is 0 Å². The molecule has 40 valence electrons. The Morgan fingerprint density at radius 1 is 1.71 bits per heavy atom. The maximum absolute atomic E-state index is 10.7. The number of rotatable bonds is 1. The molecule has 7 heavy (non-hydrogen) atoms. The predicted octanol–water partition coefficient (Wildman–Crippen LogP) is -0.533. The zero-order valence-corrected chi connectivity index (χ0v) is 2.78. The van der Waals surface area contributed by atoms with Gasteiger partial charge >= 0.3 is 54.9 Å². The fourth-order valence-corrected chi connectivity index (χ4v) is 0.0206. The Morgan fingerprint density at radius 2 is 2.14 bits per heavy atom. The van der Waals surface area contributed by atoms with E-state index in [9.17, 15) is 13.7 Å². The number of hydrogen-bond acceptors (Lipinski definition) is 2. The second-order valence-electron chi connectivity index (χ2n) is 0.583. The Kier molecular flexibility index (Phi) is 10.7. The predicted molar refractivity (Wildman–Crippen MR) is 21.7 cm³/mol. The average molecular weight is 235 g/mol. The quantitative estimate of drug-likeness (QED) is 0.571. The zero-order valence-electron chi connectivity index (χ0n) is 2.78. The van der Waals surface area contributed by atoms with Crippen LogP contribution in [-0.2, 0) is 9.74 Å². The van der Waals surface area contributed by atoms with Crippen LogP contribution in [-0.4, -0.2) is 61.5 Å². The molecule has 2 nitrogen and oxygen atoms in total. The van der Waals surface area contributed by atoms with Crippen LogP contribution in [0.5, 0.6) is 0 Å². The summed E-state index contributed by atoms with van der Waals surface area (Å²) in [7, 11) is 0. The summed E-state index contributed by atoms with van der Waals surface area (Å²) < 4.78 is 21.0. The van der Waals surface area contributed by atoms with Crippen LogP contribution >= 0.6 is 0 Å². The summed E-state index contributed by atoms with van der Waals surface area (Å²) in [5.74, 6) is -1.49. The molecule has 0 heterocycles. The van der Waals surface area contributed by atoms with E-state index in [1.54, 1.807) is 0 Å². The molecule has 0 aromatic carbocycles. The van der Waals surface area contributed by atoms with Crippen molar-refractivity contribution in [3.63, 3.8) is 0 Å². The van der Waals surface area contributed by atoms with Crippen LogP contribution in [0, 0.1) is 0 Å². The second-order valence-corrected chi connectivity index (χ2v) is 0.583. The summed E-state index contributed by atoms with van der Waals surface area (Å²) in [4.78, 5) is 11.6. The first kappa shape index (κ1) is 10.8. The van der Waals surface area contributed by atoms with Crippen molar-refractivity contribution in [1.82, 2.24) is 0 Å². The number of carbonyl (C=O) groups is 1. The van der Waals surface area contributed by atoms with Gasteiger partial charge in [-0.25, -0.2) is 9.18 Å². The maximum atomic E-state index is 10.7. The van der Waals surface area contributed by atoms with Gasteiger partial charge in [0, 0.05) is 4.53 Å². The average Bonchev–Trinajstić information content (AvgIpc) is 1.65. The Bertz CT molecular complexity index is 51.7. The Hall–Kier alpha value is 0.901. The van der Waals surface area contributed by atoms with Crippen LogP contribution in [0.25, 0.3) is 0 Å². The molecule has 0 bridgehead atoms. The molecule has 0 saturated carbocycles. The van der Waals surface area contributed by atoms with Gasteiger partial charge in [-0.2, -0.15) is 0 Å². The number of carbonyl (C=O) groups excluding carboxylic acids is 1. The standard InChI is InChI=1S/C2H2F2O2.Ba.2H/c3-1-2(5)6-4;;;/h1H2;;;. The van der Waals surface area contributed by atoms with E-state index in [0.717, 1.165) is 0 Å². The molecule has 0 spiro atoms.